The summed E-state index contributed by atoms with van der Waals surface area (Å²) in [7, 11) is 0. The summed E-state index contributed by atoms with van der Waals surface area (Å²) in [6.07, 6.45) is 0.253. The van der Waals surface area contributed by atoms with Crippen molar-refractivity contribution in [1.82, 2.24) is 4.98 Å². The van der Waals surface area contributed by atoms with Gasteiger partial charge in [0.05, 0.1) is 11.1 Å². The summed E-state index contributed by atoms with van der Waals surface area (Å²) < 4.78 is 32.1. The quantitative estimate of drug-likeness (QED) is 0.926. The molecule has 1 aromatic heterocycles. The van der Waals surface area contributed by atoms with Gasteiger partial charge in [0.2, 0.25) is 0 Å². The summed E-state index contributed by atoms with van der Waals surface area (Å²) in [4.78, 5) is 4.12. The second kappa shape index (κ2) is 6.49. The second-order valence-electron chi connectivity index (χ2n) is 5.14. The number of ether oxygens (including phenoxy) is 1. The molecule has 0 aliphatic carbocycles. The monoisotopic (exact) mass is 335 g/mol. The number of aromatic nitrogens is 1. The number of hydrogen-bond donors (Lipinski definition) is 1. The van der Waals surface area contributed by atoms with E-state index in [9.17, 15) is 8.78 Å². The van der Waals surface area contributed by atoms with Crippen LogP contribution in [0.4, 0.5) is 14.6 Å². The van der Waals surface area contributed by atoms with Gasteiger partial charge in [-0.1, -0.05) is 17.7 Å². The van der Waals surface area contributed by atoms with Crippen LogP contribution in [0.5, 0.6) is 0 Å². The van der Waals surface area contributed by atoms with Crippen molar-refractivity contribution in [2.75, 3.05) is 11.9 Å². The summed E-state index contributed by atoms with van der Waals surface area (Å²) >= 11 is 5.86. The lowest BCUT2D eigenvalue weighted by atomic mass is 10.0. The Morgan fingerprint density at radius 3 is 2.83 bits per heavy atom. The third kappa shape index (κ3) is 3.26. The van der Waals surface area contributed by atoms with E-state index in [1.807, 2.05) is 6.07 Å². The van der Waals surface area contributed by atoms with E-state index in [-0.39, 0.29) is 16.8 Å². The van der Waals surface area contributed by atoms with E-state index in [0.29, 0.717) is 24.4 Å². The minimum Gasteiger partial charge on any atom is -0.371 e. The number of hydrogen-bond acceptors (Lipinski definition) is 4. The molecule has 2 aromatic rings. The zero-order valence-corrected chi connectivity index (χ0v) is 12.6. The number of pyridine rings is 1. The van der Waals surface area contributed by atoms with E-state index in [1.165, 1.54) is 6.07 Å². The zero-order valence-electron chi connectivity index (χ0n) is 11.9. The van der Waals surface area contributed by atoms with E-state index >= 15 is 0 Å². The lowest BCUT2D eigenvalue weighted by Gasteiger charge is -2.21. The van der Waals surface area contributed by atoms with Gasteiger partial charge >= 0.3 is 0 Å². The van der Waals surface area contributed by atoms with Gasteiger partial charge in [0, 0.05) is 6.61 Å². The molecule has 0 radical (unpaired) electrons. The maximum Gasteiger partial charge on any atom is 0.161 e. The van der Waals surface area contributed by atoms with E-state index in [1.54, 1.807) is 12.1 Å². The number of nitrogens with zero attached hydrogens (tertiary/aromatic N) is 2. The van der Waals surface area contributed by atoms with Gasteiger partial charge in [0.25, 0.3) is 0 Å². The first-order valence-electron chi connectivity index (χ1n) is 6.98. The minimum atomic E-state index is -0.909. The third-order valence-electron chi connectivity index (χ3n) is 3.65. The number of anilines is 1. The molecule has 4 nitrogen and oxygen atoms in total. The van der Waals surface area contributed by atoms with Crippen LogP contribution < -0.4 is 5.32 Å². The fraction of sp³-hybridized carbons (Fsp3) is 0.250. The van der Waals surface area contributed by atoms with Gasteiger partial charge in [-0.3, -0.25) is 0 Å². The Morgan fingerprint density at radius 1 is 1.26 bits per heavy atom. The molecule has 7 heteroatoms. The maximum absolute atomic E-state index is 13.4. The van der Waals surface area contributed by atoms with Gasteiger partial charge in [0.1, 0.15) is 18.0 Å². The molecule has 0 amide bonds. The highest BCUT2D eigenvalue weighted by molar-refractivity contribution is 6.31. The molecule has 1 aliphatic heterocycles. The van der Waals surface area contributed by atoms with Gasteiger partial charge in [-0.05, 0) is 36.2 Å². The van der Waals surface area contributed by atoms with Crippen molar-refractivity contribution in [3.8, 4) is 6.07 Å². The Labute approximate surface area is 136 Å². The van der Waals surface area contributed by atoms with Crippen LogP contribution in [0.1, 0.15) is 23.8 Å². The summed E-state index contributed by atoms with van der Waals surface area (Å²) in [5, 5.41) is 12.4. The van der Waals surface area contributed by atoms with E-state index in [2.05, 4.69) is 10.3 Å². The third-order valence-corrected chi connectivity index (χ3v) is 3.95. The van der Waals surface area contributed by atoms with Crippen LogP contribution in [0.25, 0.3) is 0 Å². The van der Waals surface area contributed by atoms with Crippen molar-refractivity contribution in [3.05, 3.63) is 58.2 Å². The van der Waals surface area contributed by atoms with Crippen molar-refractivity contribution in [1.29, 1.82) is 5.26 Å². The Kier molecular flexibility index (Phi) is 4.42. The lowest BCUT2D eigenvalue weighted by Crippen LogP contribution is -2.24. The second-order valence-corrected chi connectivity index (χ2v) is 5.55. The highest BCUT2D eigenvalue weighted by Crippen LogP contribution is 2.32. The number of rotatable bonds is 3. The topological polar surface area (TPSA) is 57.9 Å². The average molecular weight is 336 g/mol. The molecule has 3 rings (SSSR count). The van der Waals surface area contributed by atoms with Crippen LogP contribution in [0.15, 0.2) is 30.3 Å². The molecule has 1 fully saturated rings. The van der Waals surface area contributed by atoms with Gasteiger partial charge in [0.15, 0.2) is 17.3 Å². The molecule has 0 saturated carbocycles. The van der Waals surface area contributed by atoms with Crippen molar-refractivity contribution < 1.29 is 13.5 Å². The summed E-state index contributed by atoms with van der Waals surface area (Å²) in [6.45, 7) is 0.486. The molecular weight excluding hydrogens is 324 g/mol. The molecule has 0 spiro atoms. The van der Waals surface area contributed by atoms with Gasteiger partial charge < -0.3 is 10.1 Å². The predicted octanol–water partition coefficient (Wildman–Crippen LogP) is 3.83. The van der Waals surface area contributed by atoms with E-state index in [4.69, 9.17) is 21.6 Å². The van der Waals surface area contributed by atoms with Crippen molar-refractivity contribution in [2.24, 2.45) is 0 Å². The maximum atomic E-state index is 13.4. The highest BCUT2D eigenvalue weighted by atomic mass is 35.5. The van der Waals surface area contributed by atoms with Crippen LogP contribution in [-0.2, 0) is 4.74 Å². The van der Waals surface area contributed by atoms with E-state index in [0.717, 1.165) is 12.1 Å². The Morgan fingerprint density at radius 2 is 2.09 bits per heavy atom. The number of halogens is 3. The molecule has 0 bridgehead atoms. The molecule has 2 atom stereocenters. The average Bonchev–Trinajstić information content (AvgIpc) is 3.00. The number of nitrogens with one attached hydrogen (secondary N) is 1. The molecule has 1 aliphatic rings. The van der Waals surface area contributed by atoms with Crippen molar-refractivity contribution >= 4 is 17.4 Å². The smallest absolute Gasteiger partial charge is 0.161 e. The summed E-state index contributed by atoms with van der Waals surface area (Å²) in [5.74, 6) is -1.32. The number of benzene rings is 1. The van der Waals surface area contributed by atoms with Gasteiger partial charge in [-0.25, -0.2) is 13.8 Å². The first kappa shape index (κ1) is 15.7. The lowest BCUT2D eigenvalue weighted by molar-refractivity contribution is 0.107. The van der Waals surface area contributed by atoms with Crippen LogP contribution >= 0.6 is 11.6 Å². The van der Waals surface area contributed by atoms with E-state index < -0.39 is 17.7 Å². The van der Waals surface area contributed by atoms with Gasteiger partial charge in [-0.15, -0.1) is 0 Å². The first-order valence-corrected chi connectivity index (χ1v) is 7.36. The molecule has 118 valence electrons. The van der Waals surface area contributed by atoms with Gasteiger partial charge in [-0.2, -0.15) is 5.26 Å². The standard InChI is InChI=1S/C16H12ClF2N3O/c17-10-2-4-15(22-14(10)8-20)21-13-5-6-23-16(13)9-1-3-11(18)12(19)7-9/h1-4,7,13,16H,5-6H2,(H,21,22). The van der Waals surface area contributed by atoms with Crippen LogP contribution in [0.3, 0.4) is 0 Å². The molecular formula is C16H12ClF2N3O. The minimum absolute atomic E-state index is 0.125. The molecule has 2 unspecified atom stereocenters. The van der Waals surface area contributed by atoms with Crippen LogP contribution in [0.2, 0.25) is 5.02 Å². The Bertz CT molecular complexity index is 778. The number of nitriles is 1. The normalized spacial score (nSPS) is 20.3. The van der Waals surface area contributed by atoms with Crippen molar-refractivity contribution in [2.45, 2.75) is 18.6 Å². The first-order chi connectivity index (χ1) is 11.1. The predicted molar refractivity (Wildman–Crippen MR) is 81.0 cm³/mol. The summed E-state index contributed by atoms with van der Waals surface area (Å²) in [5.41, 5.74) is 0.674. The molecule has 1 saturated heterocycles. The summed E-state index contributed by atoms with van der Waals surface area (Å²) in [6, 6.07) is 8.70. The zero-order chi connectivity index (χ0) is 16.4. The fourth-order valence-electron chi connectivity index (χ4n) is 2.55. The largest absolute Gasteiger partial charge is 0.371 e. The SMILES string of the molecule is N#Cc1nc(NC2CCOC2c2ccc(F)c(F)c2)ccc1Cl. The molecule has 2 heterocycles. The fourth-order valence-corrected chi connectivity index (χ4v) is 2.69. The van der Waals surface area contributed by atoms with Crippen molar-refractivity contribution in [3.63, 3.8) is 0 Å². The molecule has 1 aromatic carbocycles. The molecule has 1 N–H and O–H groups in total. The highest BCUT2D eigenvalue weighted by Gasteiger charge is 2.30. The Hall–Kier alpha value is -2.23. The Balaban J connectivity index is 1.82. The van der Waals surface area contributed by atoms with Crippen LogP contribution in [0, 0.1) is 23.0 Å². The molecule has 23 heavy (non-hydrogen) atoms. The van der Waals surface area contributed by atoms with Crippen LogP contribution in [-0.4, -0.2) is 17.6 Å².